The van der Waals surface area contributed by atoms with Crippen LogP contribution in [0.1, 0.15) is 51.2 Å². The molecule has 2 aromatic rings. The van der Waals surface area contributed by atoms with Gasteiger partial charge in [0.05, 0.1) is 5.56 Å². The molecule has 0 spiro atoms. The first-order chi connectivity index (χ1) is 11.2. The van der Waals surface area contributed by atoms with Gasteiger partial charge in [0.1, 0.15) is 0 Å². The number of hydrogen-bond acceptors (Lipinski definition) is 1. The van der Waals surface area contributed by atoms with Gasteiger partial charge in [-0.15, -0.1) is 11.8 Å². The molecule has 0 nitrogen and oxygen atoms in total. The van der Waals surface area contributed by atoms with E-state index in [0.29, 0.717) is 11.2 Å². The Balaban J connectivity index is 2.44. The minimum atomic E-state index is -4.30. The molecule has 0 bridgehead atoms. The first-order valence-corrected chi connectivity index (χ1v) is 9.08. The van der Waals surface area contributed by atoms with Gasteiger partial charge in [0.25, 0.3) is 0 Å². The van der Waals surface area contributed by atoms with E-state index in [2.05, 4.69) is 39.8 Å². The van der Waals surface area contributed by atoms with Crippen molar-refractivity contribution in [3.05, 3.63) is 53.6 Å². The van der Waals surface area contributed by atoms with E-state index in [4.69, 9.17) is 0 Å². The van der Waals surface area contributed by atoms with E-state index in [1.54, 1.807) is 23.9 Å². The largest absolute Gasteiger partial charge is 0.416 e. The molecule has 0 aromatic heterocycles. The maximum atomic E-state index is 12.7. The second-order valence-electron chi connectivity index (χ2n) is 6.31. The molecule has 1 atom stereocenters. The molecular weight excluding hydrogens is 329 g/mol. The molecule has 0 aliphatic heterocycles. The normalized spacial score (nSPS) is 13.3. The number of halogens is 3. The first kappa shape index (κ1) is 18.9. The van der Waals surface area contributed by atoms with Gasteiger partial charge in [0.2, 0.25) is 0 Å². The summed E-state index contributed by atoms with van der Waals surface area (Å²) >= 11 is 1.75. The summed E-state index contributed by atoms with van der Waals surface area (Å²) in [5.74, 6) is 0.471. The Bertz CT molecular complexity index is 672. The Kier molecular flexibility index (Phi) is 6.02. The molecule has 130 valence electrons. The summed E-state index contributed by atoms with van der Waals surface area (Å²) in [7, 11) is 0. The van der Waals surface area contributed by atoms with Gasteiger partial charge in [-0.25, -0.2) is 0 Å². The Labute approximate surface area is 146 Å². The van der Waals surface area contributed by atoms with Crippen LogP contribution >= 0.6 is 11.8 Å². The monoisotopic (exact) mass is 352 g/mol. The van der Waals surface area contributed by atoms with Gasteiger partial charge < -0.3 is 0 Å². The maximum Gasteiger partial charge on any atom is 0.416 e. The third kappa shape index (κ3) is 4.56. The van der Waals surface area contributed by atoms with Gasteiger partial charge >= 0.3 is 6.18 Å². The molecule has 4 heteroatoms. The average Bonchev–Trinajstić information content (AvgIpc) is 2.53. The summed E-state index contributed by atoms with van der Waals surface area (Å²) in [5, 5.41) is 0.408. The van der Waals surface area contributed by atoms with Gasteiger partial charge in [0, 0.05) is 10.1 Å². The zero-order valence-electron chi connectivity index (χ0n) is 14.4. The summed E-state index contributed by atoms with van der Waals surface area (Å²) in [6.45, 7) is 8.59. The number of thioether (sulfide) groups is 1. The van der Waals surface area contributed by atoms with E-state index in [-0.39, 0.29) is 0 Å². The Hall–Kier alpha value is -1.42. The third-order valence-electron chi connectivity index (χ3n) is 4.07. The van der Waals surface area contributed by atoms with Crippen LogP contribution in [0.15, 0.2) is 47.4 Å². The van der Waals surface area contributed by atoms with Crippen LogP contribution in [0.2, 0.25) is 0 Å². The van der Waals surface area contributed by atoms with Crippen LogP contribution in [-0.4, -0.2) is 5.25 Å². The topological polar surface area (TPSA) is 0 Å². The minimum absolute atomic E-state index is 0.408. The molecule has 0 radical (unpaired) electrons. The number of benzene rings is 2. The summed E-state index contributed by atoms with van der Waals surface area (Å²) in [6.07, 6.45) is -3.24. The standard InChI is InChI=1S/C20H23F3S/c1-5-14(4)16-8-11-18(19(12-16)24-13(2)3)15-6-9-17(10-7-15)20(21,22)23/h6-14H,5H2,1-4H3. The molecule has 2 rings (SSSR count). The van der Waals surface area contributed by atoms with Crippen molar-refractivity contribution in [2.75, 3.05) is 0 Å². The molecule has 2 aromatic carbocycles. The zero-order valence-corrected chi connectivity index (χ0v) is 15.3. The van der Waals surface area contributed by atoms with Crippen molar-refractivity contribution in [3.63, 3.8) is 0 Å². The Morgan fingerprint density at radius 2 is 1.58 bits per heavy atom. The van der Waals surface area contributed by atoms with Crippen molar-refractivity contribution < 1.29 is 13.2 Å². The molecule has 0 fully saturated rings. The minimum Gasteiger partial charge on any atom is -0.166 e. The summed E-state index contributed by atoms with van der Waals surface area (Å²) in [6, 6.07) is 11.7. The lowest BCUT2D eigenvalue weighted by molar-refractivity contribution is -0.137. The van der Waals surface area contributed by atoms with E-state index in [9.17, 15) is 13.2 Å². The molecule has 1 unspecified atom stereocenters. The summed E-state index contributed by atoms with van der Waals surface area (Å²) in [5.41, 5.74) is 2.48. The highest BCUT2D eigenvalue weighted by Crippen LogP contribution is 2.37. The summed E-state index contributed by atoms with van der Waals surface area (Å²) < 4.78 is 38.2. The molecule has 0 saturated carbocycles. The van der Waals surface area contributed by atoms with E-state index in [1.807, 2.05) is 6.07 Å². The Morgan fingerprint density at radius 3 is 2.08 bits per heavy atom. The second kappa shape index (κ2) is 7.64. The molecule has 0 heterocycles. The van der Waals surface area contributed by atoms with Crippen molar-refractivity contribution in [1.82, 2.24) is 0 Å². The van der Waals surface area contributed by atoms with E-state index < -0.39 is 11.7 Å². The fraction of sp³-hybridized carbons (Fsp3) is 0.400. The smallest absolute Gasteiger partial charge is 0.166 e. The lowest BCUT2D eigenvalue weighted by Crippen LogP contribution is -2.04. The second-order valence-corrected chi connectivity index (χ2v) is 7.92. The average molecular weight is 352 g/mol. The van der Waals surface area contributed by atoms with Crippen LogP contribution in [0.3, 0.4) is 0 Å². The number of rotatable bonds is 5. The number of alkyl halides is 3. The van der Waals surface area contributed by atoms with Gasteiger partial charge in [-0.2, -0.15) is 13.2 Å². The predicted octanol–water partition coefficient (Wildman–Crippen LogP) is 7.39. The van der Waals surface area contributed by atoms with Crippen LogP contribution in [0.4, 0.5) is 13.2 Å². The Morgan fingerprint density at radius 1 is 0.958 bits per heavy atom. The van der Waals surface area contributed by atoms with Crippen LogP contribution in [-0.2, 0) is 6.18 Å². The highest BCUT2D eigenvalue weighted by atomic mass is 32.2. The molecule has 0 aliphatic carbocycles. The van der Waals surface area contributed by atoms with Gasteiger partial charge in [-0.3, -0.25) is 0 Å². The van der Waals surface area contributed by atoms with Crippen LogP contribution in [0.25, 0.3) is 11.1 Å². The van der Waals surface area contributed by atoms with Gasteiger partial charge in [-0.05, 0) is 47.2 Å². The van der Waals surface area contributed by atoms with Crippen molar-refractivity contribution in [2.45, 2.75) is 56.4 Å². The van der Waals surface area contributed by atoms with Crippen LogP contribution in [0, 0.1) is 0 Å². The highest BCUT2D eigenvalue weighted by Gasteiger charge is 2.30. The molecule has 24 heavy (non-hydrogen) atoms. The molecular formula is C20H23F3S. The molecule has 0 amide bonds. The third-order valence-corrected chi connectivity index (χ3v) is 5.14. The lowest BCUT2D eigenvalue weighted by atomic mass is 9.95. The van der Waals surface area contributed by atoms with Gasteiger partial charge in [0.15, 0.2) is 0 Å². The van der Waals surface area contributed by atoms with Crippen molar-refractivity contribution in [2.24, 2.45) is 0 Å². The van der Waals surface area contributed by atoms with E-state index in [0.717, 1.165) is 34.6 Å². The van der Waals surface area contributed by atoms with Crippen molar-refractivity contribution >= 4 is 11.8 Å². The quantitative estimate of drug-likeness (QED) is 0.506. The van der Waals surface area contributed by atoms with E-state index >= 15 is 0 Å². The highest BCUT2D eigenvalue weighted by molar-refractivity contribution is 8.00. The number of hydrogen-bond donors (Lipinski definition) is 0. The molecule has 0 N–H and O–H groups in total. The lowest BCUT2D eigenvalue weighted by Gasteiger charge is -2.17. The predicted molar refractivity (Wildman–Crippen MR) is 96.6 cm³/mol. The van der Waals surface area contributed by atoms with Crippen molar-refractivity contribution in [3.8, 4) is 11.1 Å². The van der Waals surface area contributed by atoms with Gasteiger partial charge in [-0.1, -0.05) is 52.0 Å². The molecule has 0 aliphatic rings. The van der Waals surface area contributed by atoms with Crippen LogP contribution < -0.4 is 0 Å². The SMILES string of the molecule is CCC(C)c1ccc(-c2ccc(C(F)(F)F)cc2)c(SC(C)C)c1. The fourth-order valence-corrected chi connectivity index (χ4v) is 3.53. The maximum absolute atomic E-state index is 12.7. The molecule has 0 saturated heterocycles. The fourth-order valence-electron chi connectivity index (χ4n) is 2.51. The van der Waals surface area contributed by atoms with Crippen molar-refractivity contribution in [1.29, 1.82) is 0 Å². The first-order valence-electron chi connectivity index (χ1n) is 8.20. The van der Waals surface area contributed by atoms with E-state index in [1.165, 1.54) is 5.56 Å². The zero-order chi connectivity index (χ0) is 17.9. The van der Waals surface area contributed by atoms with Crippen LogP contribution in [0.5, 0.6) is 0 Å². The summed E-state index contributed by atoms with van der Waals surface area (Å²) in [4.78, 5) is 1.13.